The molecule has 2 fully saturated rings. The molecule has 0 spiro atoms. The number of hydrogen-bond donors (Lipinski definition) is 0. The van der Waals surface area contributed by atoms with Crippen molar-refractivity contribution in [1.82, 2.24) is 9.80 Å². The summed E-state index contributed by atoms with van der Waals surface area (Å²) in [7, 11) is 0. The molecule has 5 rings (SSSR count). The highest BCUT2D eigenvalue weighted by molar-refractivity contribution is 9.10. The molecule has 3 aromatic rings. The van der Waals surface area contributed by atoms with Crippen LogP contribution in [0.25, 0.3) is 11.0 Å². The first kappa shape index (κ1) is 26.8. The average molecular weight is 584 g/mol. The summed E-state index contributed by atoms with van der Waals surface area (Å²) in [5.41, 5.74) is 2.49. The first-order chi connectivity index (χ1) is 18.2. The van der Waals surface area contributed by atoms with E-state index >= 15 is 0 Å². The summed E-state index contributed by atoms with van der Waals surface area (Å²) in [5, 5.41) is 0.988. The number of rotatable bonds is 6. The summed E-state index contributed by atoms with van der Waals surface area (Å²) in [6.45, 7) is 7.51. The fourth-order valence-corrected chi connectivity index (χ4v) is 5.89. The first-order valence-corrected chi connectivity index (χ1v) is 14.0. The van der Waals surface area contributed by atoms with Crippen LogP contribution in [0.3, 0.4) is 0 Å². The molecule has 0 N–H and O–H groups in total. The van der Waals surface area contributed by atoms with E-state index in [9.17, 15) is 9.59 Å². The molecule has 7 nitrogen and oxygen atoms in total. The molecule has 0 radical (unpaired) electrons. The largest absolute Gasteiger partial charge is 0.463 e. The summed E-state index contributed by atoms with van der Waals surface area (Å²) in [5.74, 6) is -0.173. The zero-order chi connectivity index (χ0) is 26.9. The van der Waals surface area contributed by atoms with E-state index < -0.39 is 5.60 Å². The van der Waals surface area contributed by atoms with Gasteiger partial charge in [0.1, 0.15) is 24.2 Å². The zero-order valence-corrected chi connectivity index (χ0v) is 23.8. The van der Waals surface area contributed by atoms with E-state index in [-0.39, 0.29) is 29.9 Å². The van der Waals surface area contributed by atoms with Gasteiger partial charge in [-0.15, -0.1) is 0 Å². The SMILES string of the molecule is CC(C)(C)OC(=O)N1CC[C@H]([C@H](Cc2ccc3occ(Br)c3c2)C(=O)N2COC[C@@H]2Cc2ccccc2)C1. The van der Waals surface area contributed by atoms with Gasteiger partial charge in [-0.1, -0.05) is 36.4 Å². The summed E-state index contributed by atoms with van der Waals surface area (Å²) in [4.78, 5) is 30.6. The lowest BCUT2D eigenvalue weighted by Gasteiger charge is -2.31. The number of benzene rings is 2. The van der Waals surface area contributed by atoms with E-state index in [1.165, 1.54) is 5.56 Å². The maximum absolute atomic E-state index is 14.2. The highest BCUT2D eigenvalue weighted by Crippen LogP contribution is 2.33. The van der Waals surface area contributed by atoms with Crippen molar-refractivity contribution >= 4 is 38.9 Å². The number of furan rings is 1. The summed E-state index contributed by atoms with van der Waals surface area (Å²) < 4.78 is 17.9. The topological polar surface area (TPSA) is 72.2 Å². The Morgan fingerprint density at radius 2 is 1.92 bits per heavy atom. The van der Waals surface area contributed by atoms with Gasteiger partial charge in [-0.05, 0) is 85.1 Å². The van der Waals surface area contributed by atoms with Crippen LogP contribution in [-0.2, 0) is 27.1 Å². The van der Waals surface area contributed by atoms with Gasteiger partial charge in [-0.25, -0.2) is 4.79 Å². The lowest BCUT2D eigenvalue weighted by atomic mass is 9.84. The molecule has 0 bridgehead atoms. The lowest BCUT2D eigenvalue weighted by molar-refractivity contribution is -0.139. The monoisotopic (exact) mass is 582 g/mol. The van der Waals surface area contributed by atoms with E-state index in [1.54, 1.807) is 11.2 Å². The number of amides is 2. The van der Waals surface area contributed by atoms with Crippen molar-refractivity contribution in [3.63, 3.8) is 0 Å². The standard InChI is InChI=1S/C30H35BrN2O5/c1-30(2,3)38-29(35)32-12-11-22(16-32)24(14-21-9-10-27-25(15-21)26(31)18-37-27)28(34)33-19-36-17-23(33)13-20-7-5-4-6-8-20/h4-10,15,18,22-24H,11-14,16-17,19H2,1-3H3/t22-,23-,24-/m0/s1. The molecule has 38 heavy (non-hydrogen) atoms. The maximum Gasteiger partial charge on any atom is 0.410 e. The summed E-state index contributed by atoms with van der Waals surface area (Å²) in [6, 6.07) is 16.3. The second kappa shape index (κ2) is 11.1. The van der Waals surface area contributed by atoms with E-state index in [2.05, 4.69) is 34.1 Å². The van der Waals surface area contributed by atoms with Crippen molar-refractivity contribution in [2.75, 3.05) is 26.4 Å². The molecule has 1 aromatic heterocycles. The second-order valence-corrected chi connectivity index (χ2v) is 12.2. The van der Waals surface area contributed by atoms with Gasteiger partial charge in [-0.3, -0.25) is 4.79 Å². The van der Waals surface area contributed by atoms with Crippen LogP contribution >= 0.6 is 15.9 Å². The highest BCUT2D eigenvalue weighted by atomic mass is 79.9. The highest BCUT2D eigenvalue weighted by Gasteiger charge is 2.41. The number of carbonyl (C=O) groups excluding carboxylic acids is 2. The maximum atomic E-state index is 14.2. The van der Waals surface area contributed by atoms with Crippen molar-refractivity contribution in [1.29, 1.82) is 0 Å². The number of hydrogen-bond acceptors (Lipinski definition) is 5. The number of nitrogens with zero attached hydrogens (tertiary/aromatic N) is 2. The van der Waals surface area contributed by atoms with Crippen molar-refractivity contribution < 1.29 is 23.5 Å². The van der Waals surface area contributed by atoms with Crippen LogP contribution in [0, 0.1) is 11.8 Å². The molecule has 0 saturated carbocycles. The minimum Gasteiger partial charge on any atom is -0.463 e. The van der Waals surface area contributed by atoms with Crippen molar-refractivity contribution in [2.45, 2.75) is 51.7 Å². The van der Waals surface area contributed by atoms with Gasteiger partial charge < -0.3 is 23.7 Å². The Hall–Kier alpha value is -2.84. The van der Waals surface area contributed by atoms with Crippen LogP contribution < -0.4 is 0 Å². The molecule has 3 atom stereocenters. The summed E-state index contributed by atoms with van der Waals surface area (Å²) >= 11 is 3.56. The molecule has 8 heteroatoms. The van der Waals surface area contributed by atoms with Crippen LogP contribution in [0.15, 0.2) is 63.7 Å². The fourth-order valence-electron chi connectivity index (χ4n) is 5.48. The first-order valence-electron chi connectivity index (χ1n) is 13.2. The van der Waals surface area contributed by atoms with Crippen LogP contribution in [-0.4, -0.2) is 59.9 Å². The summed E-state index contributed by atoms with van der Waals surface area (Å²) in [6.07, 6.45) is 3.45. The Morgan fingerprint density at radius 3 is 2.68 bits per heavy atom. The smallest absolute Gasteiger partial charge is 0.410 e. The number of ether oxygens (including phenoxy) is 2. The number of carbonyl (C=O) groups is 2. The lowest BCUT2D eigenvalue weighted by Crippen LogP contribution is -2.45. The molecule has 2 aliphatic heterocycles. The normalized spacial score (nSPS) is 20.7. The Morgan fingerprint density at radius 1 is 1.13 bits per heavy atom. The van der Waals surface area contributed by atoms with Crippen LogP contribution in [0.4, 0.5) is 4.79 Å². The molecule has 0 aliphatic carbocycles. The Labute approximate surface area is 232 Å². The molecule has 0 unspecified atom stereocenters. The fraction of sp³-hybridized carbons (Fsp3) is 0.467. The number of likely N-dealkylation sites (tertiary alicyclic amines) is 1. The molecule has 202 valence electrons. The van der Waals surface area contributed by atoms with Crippen molar-refractivity contribution in [3.8, 4) is 0 Å². The minimum atomic E-state index is -0.560. The molecular formula is C30H35BrN2O5. The van der Waals surface area contributed by atoms with E-state index in [0.29, 0.717) is 32.8 Å². The molecule has 2 aromatic carbocycles. The predicted molar refractivity (Wildman–Crippen MR) is 149 cm³/mol. The van der Waals surface area contributed by atoms with Crippen LogP contribution in [0.2, 0.25) is 0 Å². The number of halogens is 1. The molecule has 2 aliphatic rings. The molecule has 3 heterocycles. The van der Waals surface area contributed by atoms with E-state index in [4.69, 9.17) is 13.9 Å². The third kappa shape index (κ3) is 6.07. The van der Waals surface area contributed by atoms with Gasteiger partial charge >= 0.3 is 6.09 Å². The van der Waals surface area contributed by atoms with Gasteiger partial charge in [0.05, 0.1) is 17.1 Å². The van der Waals surface area contributed by atoms with Gasteiger partial charge in [-0.2, -0.15) is 0 Å². The average Bonchev–Trinajstić information content (AvgIpc) is 3.63. The van der Waals surface area contributed by atoms with Gasteiger partial charge in [0.2, 0.25) is 5.91 Å². The van der Waals surface area contributed by atoms with Crippen LogP contribution in [0.5, 0.6) is 0 Å². The molecule has 2 amide bonds. The van der Waals surface area contributed by atoms with E-state index in [0.717, 1.165) is 33.8 Å². The van der Waals surface area contributed by atoms with Gasteiger partial charge in [0.15, 0.2) is 0 Å². The Bertz CT molecular complexity index is 1280. The second-order valence-electron chi connectivity index (χ2n) is 11.4. The number of fused-ring (bicyclic) bond motifs is 1. The van der Waals surface area contributed by atoms with Crippen molar-refractivity contribution in [3.05, 3.63) is 70.4 Å². The van der Waals surface area contributed by atoms with Crippen LogP contribution in [0.1, 0.15) is 38.3 Å². The van der Waals surface area contributed by atoms with E-state index in [1.807, 2.05) is 56.0 Å². The quantitative estimate of drug-likeness (QED) is 0.354. The molecular weight excluding hydrogens is 548 g/mol. The third-order valence-corrected chi connectivity index (χ3v) is 8.00. The van der Waals surface area contributed by atoms with Gasteiger partial charge in [0, 0.05) is 24.4 Å². The molecule has 2 saturated heterocycles. The van der Waals surface area contributed by atoms with Crippen molar-refractivity contribution in [2.24, 2.45) is 11.8 Å². The van der Waals surface area contributed by atoms with Gasteiger partial charge in [0.25, 0.3) is 0 Å². The minimum absolute atomic E-state index is 0.0127. The zero-order valence-electron chi connectivity index (χ0n) is 22.2. The third-order valence-electron chi connectivity index (χ3n) is 7.39. The Balaban J connectivity index is 1.38. The Kier molecular flexibility index (Phi) is 7.82. The predicted octanol–water partition coefficient (Wildman–Crippen LogP) is 6.04.